The SMILES string of the molecule is N#Cc1cc(Cn2cc(C3CC3)cn2)ccc1F. The molecule has 1 fully saturated rings. The molecule has 0 bridgehead atoms. The smallest absolute Gasteiger partial charge is 0.140 e. The minimum absolute atomic E-state index is 0.0853. The summed E-state index contributed by atoms with van der Waals surface area (Å²) in [6, 6.07) is 6.45. The molecule has 90 valence electrons. The van der Waals surface area contributed by atoms with Crippen LogP contribution in [0.15, 0.2) is 30.6 Å². The van der Waals surface area contributed by atoms with Gasteiger partial charge in [-0.15, -0.1) is 0 Å². The highest BCUT2D eigenvalue weighted by Gasteiger charge is 2.24. The second-order valence-corrected chi connectivity index (χ2v) is 4.67. The van der Waals surface area contributed by atoms with Gasteiger partial charge in [-0.1, -0.05) is 6.07 Å². The Bertz CT molecular complexity index is 620. The van der Waals surface area contributed by atoms with E-state index in [0.29, 0.717) is 12.5 Å². The molecule has 0 saturated heterocycles. The number of rotatable bonds is 3. The van der Waals surface area contributed by atoms with Crippen LogP contribution in [0, 0.1) is 17.1 Å². The molecule has 1 aliphatic carbocycles. The third kappa shape index (κ3) is 2.12. The van der Waals surface area contributed by atoms with Gasteiger partial charge < -0.3 is 0 Å². The van der Waals surface area contributed by atoms with Crippen molar-refractivity contribution in [3.8, 4) is 6.07 Å². The van der Waals surface area contributed by atoms with E-state index in [1.807, 2.05) is 23.1 Å². The lowest BCUT2D eigenvalue weighted by atomic mass is 10.1. The lowest BCUT2D eigenvalue weighted by Gasteiger charge is -2.02. The van der Waals surface area contributed by atoms with Crippen LogP contribution in [0.3, 0.4) is 0 Å². The number of aromatic nitrogens is 2. The predicted molar refractivity (Wildman–Crippen MR) is 64.4 cm³/mol. The molecule has 1 saturated carbocycles. The zero-order valence-electron chi connectivity index (χ0n) is 9.81. The molecule has 0 radical (unpaired) electrons. The number of halogens is 1. The van der Waals surface area contributed by atoms with Crippen molar-refractivity contribution < 1.29 is 4.39 Å². The highest BCUT2D eigenvalue weighted by atomic mass is 19.1. The summed E-state index contributed by atoms with van der Waals surface area (Å²) in [6.45, 7) is 0.571. The first-order valence-electron chi connectivity index (χ1n) is 5.97. The first-order chi connectivity index (χ1) is 8.76. The number of benzene rings is 1. The molecule has 4 heteroatoms. The second-order valence-electron chi connectivity index (χ2n) is 4.67. The molecule has 18 heavy (non-hydrogen) atoms. The van der Waals surface area contributed by atoms with Crippen LogP contribution in [0.1, 0.15) is 35.4 Å². The van der Waals surface area contributed by atoms with Gasteiger partial charge in [-0.05, 0) is 42.0 Å². The maximum Gasteiger partial charge on any atom is 0.140 e. The zero-order valence-corrected chi connectivity index (χ0v) is 9.81. The molecule has 1 aromatic carbocycles. The first-order valence-corrected chi connectivity index (χ1v) is 5.97. The van der Waals surface area contributed by atoms with Gasteiger partial charge in [-0.3, -0.25) is 4.68 Å². The Morgan fingerprint density at radius 2 is 2.28 bits per heavy atom. The van der Waals surface area contributed by atoms with E-state index in [-0.39, 0.29) is 5.56 Å². The summed E-state index contributed by atoms with van der Waals surface area (Å²) < 4.78 is 15.0. The van der Waals surface area contributed by atoms with Crippen LogP contribution in [0.2, 0.25) is 0 Å². The van der Waals surface area contributed by atoms with Crippen molar-refractivity contribution in [3.63, 3.8) is 0 Å². The van der Waals surface area contributed by atoms with Crippen LogP contribution >= 0.6 is 0 Å². The fourth-order valence-corrected chi connectivity index (χ4v) is 2.04. The summed E-state index contributed by atoms with van der Waals surface area (Å²) in [6.07, 6.45) is 6.43. The molecular weight excluding hydrogens is 229 g/mol. The summed E-state index contributed by atoms with van der Waals surface area (Å²) in [4.78, 5) is 0. The maximum absolute atomic E-state index is 13.2. The van der Waals surface area contributed by atoms with E-state index in [1.54, 1.807) is 12.1 Å². The minimum Gasteiger partial charge on any atom is -0.268 e. The van der Waals surface area contributed by atoms with E-state index < -0.39 is 5.82 Å². The molecule has 0 amide bonds. The molecule has 0 unspecified atom stereocenters. The minimum atomic E-state index is -0.472. The third-order valence-corrected chi connectivity index (χ3v) is 3.20. The first kappa shape index (κ1) is 11.0. The molecule has 3 rings (SSSR count). The number of hydrogen-bond donors (Lipinski definition) is 0. The van der Waals surface area contributed by atoms with Gasteiger partial charge in [0, 0.05) is 6.20 Å². The lowest BCUT2D eigenvalue weighted by Crippen LogP contribution is -2.00. The van der Waals surface area contributed by atoms with Gasteiger partial charge >= 0.3 is 0 Å². The summed E-state index contributed by atoms with van der Waals surface area (Å²) in [7, 11) is 0. The van der Waals surface area contributed by atoms with Crippen molar-refractivity contribution in [1.82, 2.24) is 9.78 Å². The van der Waals surface area contributed by atoms with Crippen LogP contribution in [-0.4, -0.2) is 9.78 Å². The molecule has 1 aromatic heterocycles. The highest BCUT2D eigenvalue weighted by Crippen LogP contribution is 2.39. The van der Waals surface area contributed by atoms with Gasteiger partial charge in [-0.25, -0.2) is 4.39 Å². The summed E-state index contributed by atoms with van der Waals surface area (Å²) in [5.74, 6) is 0.210. The van der Waals surface area contributed by atoms with Crippen molar-refractivity contribution in [2.75, 3.05) is 0 Å². The maximum atomic E-state index is 13.2. The van der Waals surface area contributed by atoms with E-state index in [9.17, 15) is 4.39 Å². The Labute approximate surface area is 104 Å². The fourth-order valence-electron chi connectivity index (χ4n) is 2.04. The summed E-state index contributed by atoms with van der Waals surface area (Å²) in [5.41, 5.74) is 2.25. The van der Waals surface area contributed by atoms with Crippen molar-refractivity contribution >= 4 is 0 Å². The summed E-state index contributed by atoms with van der Waals surface area (Å²) in [5, 5.41) is 13.1. The highest BCUT2D eigenvalue weighted by molar-refractivity contribution is 5.34. The average molecular weight is 241 g/mol. The molecule has 2 aromatic rings. The van der Waals surface area contributed by atoms with E-state index in [4.69, 9.17) is 5.26 Å². The van der Waals surface area contributed by atoms with Crippen LogP contribution in [0.5, 0.6) is 0 Å². The van der Waals surface area contributed by atoms with Gasteiger partial charge in [0.25, 0.3) is 0 Å². The molecule has 0 atom stereocenters. The Kier molecular flexibility index (Phi) is 2.60. The lowest BCUT2D eigenvalue weighted by molar-refractivity contribution is 0.620. The molecule has 0 aliphatic heterocycles. The Hall–Kier alpha value is -2.15. The Morgan fingerprint density at radius 3 is 3.00 bits per heavy atom. The van der Waals surface area contributed by atoms with E-state index in [0.717, 1.165) is 5.56 Å². The quantitative estimate of drug-likeness (QED) is 0.829. The van der Waals surface area contributed by atoms with Gasteiger partial charge in [0.05, 0.1) is 18.3 Å². The second kappa shape index (κ2) is 4.26. The predicted octanol–water partition coefficient (Wildman–Crippen LogP) is 2.82. The van der Waals surface area contributed by atoms with Crippen LogP contribution < -0.4 is 0 Å². The standard InChI is InChI=1S/C14H12FN3/c15-14-4-1-10(5-12(14)6-16)8-18-9-13(7-17-18)11-2-3-11/h1,4-5,7,9,11H,2-3,8H2. The fraction of sp³-hybridized carbons (Fsp3) is 0.286. The molecule has 0 N–H and O–H groups in total. The van der Waals surface area contributed by atoms with Gasteiger partial charge in [0.2, 0.25) is 0 Å². The summed E-state index contributed by atoms with van der Waals surface area (Å²) >= 11 is 0. The molecule has 0 spiro atoms. The van der Waals surface area contributed by atoms with E-state index >= 15 is 0 Å². The molecule has 3 nitrogen and oxygen atoms in total. The van der Waals surface area contributed by atoms with Crippen molar-refractivity contribution in [2.45, 2.75) is 25.3 Å². The largest absolute Gasteiger partial charge is 0.268 e. The molecule has 1 heterocycles. The number of nitrogens with zero attached hydrogens (tertiary/aromatic N) is 3. The van der Waals surface area contributed by atoms with Crippen molar-refractivity contribution in [2.24, 2.45) is 0 Å². The van der Waals surface area contributed by atoms with Gasteiger partial charge in [0.15, 0.2) is 0 Å². The third-order valence-electron chi connectivity index (χ3n) is 3.20. The van der Waals surface area contributed by atoms with Crippen LogP contribution in [0.4, 0.5) is 4.39 Å². The van der Waals surface area contributed by atoms with Crippen molar-refractivity contribution in [1.29, 1.82) is 5.26 Å². The monoisotopic (exact) mass is 241 g/mol. The van der Waals surface area contributed by atoms with E-state index in [1.165, 1.54) is 24.5 Å². The Morgan fingerprint density at radius 1 is 1.44 bits per heavy atom. The van der Waals surface area contributed by atoms with E-state index in [2.05, 4.69) is 5.10 Å². The van der Waals surface area contributed by atoms with Crippen LogP contribution in [0.25, 0.3) is 0 Å². The number of hydrogen-bond acceptors (Lipinski definition) is 2. The van der Waals surface area contributed by atoms with Gasteiger partial charge in [-0.2, -0.15) is 10.4 Å². The average Bonchev–Trinajstić information content (AvgIpc) is 3.13. The zero-order chi connectivity index (χ0) is 12.5. The van der Waals surface area contributed by atoms with Gasteiger partial charge in [0.1, 0.15) is 11.9 Å². The number of nitriles is 1. The van der Waals surface area contributed by atoms with Crippen molar-refractivity contribution in [3.05, 3.63) is 53.1 Å². The normalized spacial score (nSPS) is 14.4. The molecule has 1 aliphatic rings. The van der Waals surface area contributed by atoms with Crippen LogP contribution in [-0.2, 0) is 6.54 Å². The topological polar surface area (TPSA) is 41.6 Å². The Balaban J connectivity index is 1.80. The molecular formula is C14H12FN3.